The summed E-state index contributed by atoms with van der Waals surface area (Å²) in [5.41, 5.74) is 2.32. The summed E-state index contributed by atoms with van der Waals surface area (Å²) in [5, 5.41) is 0. The molecule has 0 amide bonds. The number of pyridine rings is 1. The van der Waals surface area contributed by atoms with Gasteiger partial charge in [-0.1, -0.05) is 0 Å². The van der Waals surface area contributed by atoms with Gasteiger partial charge >= 0.3 is 0 Å². The molecule has 0 aliphatic heterocycles. The molecule has 0 unspecified atom stereocenters. The Morgan fingerprint density at radius 2 is 2.15 bits per heavy atom. The minimum absolute atomic E-state index is 0.132. The van der Waals surface area contributed by atoms with Crippen molar-refractivity contribution in [2.24, 2.45) is 5.84 Å². The van der Waals surface area contributed by atoms with Crippen LogP contribution in [-0.2, 0) is 16.4 Å². The summed E-state index contributed by atoms with van der Waals surface area (Å²) >= 11 is 4.96. The Kier molecular flexibility index (Phi) is 5.11. The molecule has 0 aromatic carbocycles. The Balaban J connectivity index is 2.00. The molecule has 9 heteroatoms. The van der Waals surface area contributed by atoms with E-state index in [4.69, 9.17) is 5.84 Å². The topological polar surface area (TPSA) is 97.1 Å². The third kappa shape index (κ3) is 4.00. The normalized spacial score (nSPS) is 11.5. The lowest BCUT2D eigenvalue weighted by molar-refractivity contribution is 0.581. The quantitative estimate of drug-likeness (QED) is 0.526. The second-order valence-corrected chi connectivity index (χ2v) is 8.19. The van der Waals surface area contributed by atoms with Gasteiger partial charge in [0, 0.05) is 23.7 Å². The second kappa shape index (κ2) is 6.64. The average molecular weight is 377 g/mol. The zero-order chi connectivity index (χ0) is 14.6. The van der Waals surface area contributed by atoms with Crippen molar-refractivity contribution in [1.82, 2.24) is 9.71 Å². The van der Waals surface area contributed by atoms with Crippen LogP contribution in [0.4, 0.5) is 5.82 Å². The van der Waals surface area contributed by atoms with Crippen LogP contribution in [0.25, 0.3) is 0 Å². The van der Waals surface area contributed by atoms with Crippen LogP contribution in [0.3, 0.4) is 0 Å². The van der Waals surface area contributed by atoms with E-state index < -0.39 is 10.0 Å². The molecule has 2 heterocycles. The smallest absolute Gasteiger partial charge is 0.240 e. The first-order valence-corrected chi connectivity index (χ1v) is 8.77. The predicted molar refractivity (Wildman–Crippen MR) is 83.0 cm³/mol. The van der Waals surface area contributed by atoms with Crippen LogP contribution >= 0.6 is 27.3 Å². The molecule has 0 radical (unpaired) electrons. The van der Waals surface area contributed by atoms with Crippen LogP contribution in [-0.4, -0.2) is 19.9 Å². The molecule has 0 spiro atoms. The van der Waals surface area contributed by atoms with Crippen molar-refractivity contribution < 1.29 is 8.42 Å². The zero-order valence-electron chi connectivity index (χ0n) is 10.3. The highest BCUT2D eigenvalue weighted by Crippen LogP contribution is 2.22. The molecule has 0 atom stereocenters. The molecule has 2 aromatic rings. The van der Waals surface area contributed by atoms with E-state index in [1.807, 2.05) is 12.1 Å². The third-order valence-electron chi connectivity index (χ3n) is 2.48. The summed E-state index contributed by atoms with van der Waals surface area (Å²) in [4.78, 5) is 5.11. The first kappa shape index (κ1) is 15.4. The number of hydrazine groups is 1. The summed E-state index contributed by atoms with van der Waals surface area (Å²) < 4.78 is 27.7. The van der Waals surface area contributed by atoms with Gasteiger partial charge in [-0.2, -0.15) is 0 Å². The lowest BCUT2D eigenvalue weighted by Gasteiger charge is -2.07. The van der Waals surface area contributed by atoms with Gasteiger partial charge in [0.1, 0.15) is 5.82 Å². The second-order valence-electron chi connectivity index (χ2n) is 3.87. The van der Waals surface area contributed by atoms with E-state index in [0.717, 1.165) is 8.66 Å². The molecule has 20 heavy (non-hydrogen) atoms. The maximum Gasteiger partial charge on any atom is 0.240 e. The highest BCUT2D eigenvalue weighted by Gasteiger charge is 2.14. The molecule has 0 bridgehead atoms. The van der Waals surface area contributed by atoms with E-state index in [1.165, 1.54) is 18.3 Å². The van der Waals surface area contributed by atoms with Crippen molar-refractivity contribution >= 4 is 43.1 Å². The van der Waals surface area contributed by atoms with Gasteiger partial charge in [0.25, 0.3) is 0 Å². The van der Waals surface area contributed by atoms with Crippen LogP contribution in [0.2, 0.25) is 0 Å². The van der Waals surface area contributed by atoms with E-state index in [-0.39, 0.29) is 4.90 Å². The van der Waals surface area contributed by atoms with Crippen LogP contribution in [0, 0.1) is 0 Å². The number of thiophene rings is 1. The number of nitrogen functional groups attached to an aromatic ring is 1. The number of anilines is 1. The highest BCUT2D eigenvalue weighted by atomic mass is 79.9. The number of rotatable bonds is 6. The maximum atomic E-state index is 12.1. The van der Waals surface area contributed by atoms with Crippen LogP contribution < -0.4 is 16.0 Å². The fraction of sp³-hybridized carbons (Fsp3) is 0.182. The summed E-state index contributed by atoms with van der Waals surface area (Å²) in [6, 6.07) is 6.71. The number of halogens is 1. The minimum Gasteiger partial charge on any atom is -0.308 e. The number of hydrogen-bond acceptors (Lipinski definition) is 6. The number of nitrogens with two attached hydrogens (primary N) is 1. The molecule has 4 N–H and O–H groups in total. The molecule has 0 saturated carbocycles. The van der Waals surface area contributed by atoms with Crippen LogP contribution in [0.1, 0.15) is 4.88 Å². The predicted octanol–water partition coefficient (Wildman–Crippen LogP) is 1.71. The first-order chi connectivity index (χ1) is 9.51. The Morgan fingerprint density at radius 3 is 2.80 bits per heavy atom. The molecule has 2 aromatic heterocycles. The molecule has 0 aliphatic rings. The molecule has 6 nitrogen and oxygen atoms in total. The van der Waals surface area contributed by atoms with Gasteiger partial charge in [-0.05, 0) is 40.5 Å². The van der Waals surface area contributed by atoms with E-state index in [2.05, 4.69) is 31.1 Å². The van der Waals surface area contributed by atoms with Gasteiger partial charge < -0.3 is 5.43 Å². The van der Waals surface area contributed by atoms with Crippen molar-refractivity contribution in [3.8, 4) is 0 Å². The maximum absolute atomic E-state index is 12.1. The van der Waals surface area contributed by atoms with Gasteiger partial charge in [-0.3, -0.25) is 0 Å². The fourth-order valence-corrected chi connectivity index (χ4v) is 4.06. The third-order valence-corrected chi connectivity index (χ3v) is 5.62. The molecular weight excluding hydrogens is 364 g/mol. The van der Waals surface area contributed by atoms with Crippen molar-refractivity contribution in [2.75, 3.05) is 12.0 Å². The van der Waals surface area contributed by atoms with Gasteiger partial charge in [0.05, 0.1) is 8.68 Å². The van der Waals surface area contributed by atoms with Crippen molar-refractivity contribution in [2.45, 2.75) is 11.3 Å². The van der Waals surface area contributed by atoms with Gasteiger partial charge in [-0.25, -0.2) is 24.0 Å². The molecule has 2 rings (SSSR count). The number of aromatic nitrogens is 1. The first-order valence-electron chi connectivity index (χ1n) is 5.68. The zero-order valence-corrected chi connectivity index (χ0v) is 13.6. The number of nitrogens with zero attached hydrogens (tertiary/aromatic N) is 1. The van der Waals surface area contributed by atoms with Crippen LogP contribution in [0.5, 0.6) is 0 Å². The molecule has 0 aliphatic carbocycles. The number of nitrogens with one attached hydrogen (secondary N) is 2. The van der Waals surface area contributed by atoms with Crippen LogP contribution in [0.15, 0.2) is 39.1 Å². The standard InChI is InChI=1S/C11H13BrN4O2S2/c12-10-2-1-8(19-10)3-6-15-20(17,18)9-4-5-14-11(7-9)16-13/h1-2,4-5,7,15H,3,6,13H2,(H,14,16). The Labute approximate surface area is 129 Å². The van der Waals surface area contributed by atoms with Gasteiger partial charge in [0.15, 0.2) is 0 Å². The Bertz CT molecular complexity index is 687. The molecular formula is C11H13BrN4O2S2. The fourth-order valence-electron chi connectivity index (χ4n) is 1.54. The summed E-state index contributed by atoms with van der Waals surface area (Å²) in [7, 11) is -3.55. The number of sulfonamides is 1. The summed E-state index contributed by atoms with van der Waals surface area (Å²) in [6.45, 7) is 0.336. The molecule has 0 saturated heterocycles. The van der Waals surface area contributed by atoms with Crippen molar-refractivity contribution in [3.05, 3.63) is 39.1 Å². The van der Waals surface area contributed by atoms with E-state index in [0.29, 0.717) is 18.8 Å². The van der Waals surface area contributed by atoms with Gasteiger partial charge in [-0.15, -0.1) is 11.3 Å². The largest absolute Gasteiger partial charge is 0.308 e. The van der Waals surface area contributed by atoms with Crippen molar-refractivity contribution in [1.29, 1.82) is 0 Å². The Hall–Kier alpha value is -1.00. The van der Waals surface area contributed by atoms with Crippen molar-refractivity contribution in [3.63, 3.8) is 0 Å². The summed E-state index contributed by atoms with van der Waals surface area (Å²) in [5.74, 6) is 5.51. The van der Waals surface area contributed by atoms with E-state index in [1.54, 1.807) is 11.3 Å². The van der Waals surface area contributed by atoms with E-state index >= 15 is 0 Å². The van der Waals surface area contributed by atoms with Gasteiger partial charge in [0.2, 0.25) is 10.0 Å². The Morgan fingerprint density at radius 1 is 1.35 bits per heavy atom. The average Bonchev–Trinajstić information content (AvgIpc) is 2.84. The summed E-state index contributed by atoms with van der Waals surface area (Å²) in [6.07, 6.45) is 2.03. The highest BCUT2D eigenvalue weighted by molar-refractivity contribution is 9.11. The molecule has 108 valence electrons. The molecule has 0 fully saturated rings. The van der Waals surface area contributed by atoms with E-state index in [9.17, 15) is 8.42 Å². The minimum atomic E-state index is -3.55. The lowest BCUT2D eigenvalue weighted by Crippen LogP contribution is -2.26. The number of hydrogen-bond donors (Lipinski definition) is 3. The lowest BCUT2D eigenvalue weighted by atomic mass is 10.3. The SMILES string of the molecule is NNc1cc(S(=O)(=O)NCCc2ccc(Br)s2)ccn1. The monoisotopic (exact) mass is 376 g/mol.